The van der Waals surface area contributed by atoms with Crippen LogP contribution in [0.3, 0.4) is 0 Å². The molecule has 11 nitrogen and oxygen atoms in total. The van der Waals surface area contributed by atoms with E-state index in [9.17, 15) is 23.1 Å². The molecule has 4 rings (SSSR count). The maximum atomic E-state index is 13.2. The van der Waals surface area contributed by atoms with Crippen molar-refractivity contribution >= 4 is 33.5 Å². The topological polar surface area (TPSA) is 189 Å². The number of carbonyl (C=O) groups is 2. The van der Waals surface area contributed by atoms with Crippen LogP contribution < -0.4 is 20.5 Å². The van der Waals surface area contributed by atoms with Gasteiger partial charge in [0.15, 0.2) is 11.5 Å². The molecule has 0 spiro atoms. The number of hydrogen-bond acceptors (Lipinski definition) is 7. The summed E-state index contributed by atoms with van der Waals surface area (Å²) in [6.07, 6.45) is 0.715. The van der Waals surface area contributed by atoms with Crippen molar-refractivity contribution in [1.29, 1.82) is 5.41 Å². The molecule has 1 amide bonds. The van der Waals surface area contributed by atoms with Crippen molar-refractivity contribution in [1.82, 2.24) is 0 Å². The third-order valence-corrected chi connectivity index (χ3v) is 4.67. The molecule has 1 aliphatic heterocycles. The first kappa shape index (κ1) is 25.2. The van der Waals surface area contributed by atoms with Gasteiger partial charge in [-0.15, -0.1) is 0 Å². The van der Waals surface area contributed by atoms with Crippen LogP contribution >= 0.6 is 0 Å². The zero-order chi connectivity index (χ0) is 25.8. The van der Waals surface area contributed by atoms with Gasteiger partial charge < -0.3 is 25.6 Å². The number of hydrogen-bond donors (Lipinski definition) is 5. The van der Waals surface area contributed by atoms with Crippen LogP contribution in [-0.2, 0) is 10.1 Å². The summed E-state index contributed by atoms with van der Waals surface area (Å²) in [5.41, 5.74) is 7.51. The number of nitrogens with two attached hydrogens (primary N) is 1. The SMILES string of the molecule is CS(=O)(=O)O.N=C(N)c1ccc(NC(=O)c2c(-c3ccccc3C(=O)O)ccc3c2OCO3)cc1. The molecule has 0 aromatic heterocycles. The van der Waals surface area contributed by atoms with Crippen molar-refractivity contribution < 1.29 is 37.1 Å². The van der Waals surface area contributed by atoms with Crippen molar-refractivity contribution in [3.05, 3.63) is 77.4 Å². The molecule has 0 saturated carbocycles. The number of nitrogen functional groups attached to an aromatic ring is 1. The highest BCUT2D eigenvalue weighted by molar-refractivity contribution is 7.85. The molecule has 0 fully saturated rings. The zero-order valence-corrected chi connectivity index (χ0v) is 19.1. The first-order valence-corrected chi connectivity index (χ1v) is 11.7. The Morgan fingerprint density at radius 3 is 2.23 bits per heavy atom. The highest BCUT2D eigenvalue weighted by atomic mass is 32.2. The number of fused-ring (bicyclic) bond motifs is 1. The summed E-state index contributed by atoms with van der Waals surface area (Å²) in [4.78, 5) is 24.9. The lowest BCUT2D eigenvalue weighted by Crippen LogP contribution is -2.15. The largest absolute Gasteiger partial charge is 0.478 e. The molecule has 0 aliphatic carbocycles. The molecular weight excluding hydrogens is 478 g/mol. The van der Waals surface area contributed by atoms with E-state index in [-0.39, 0.29) is 29.5 Å². The van der Waals surface area contributed by atoms with E-state index in [0.717, 1.165) is 0 Å². The number of nitrogens with one attached hydrogen (secondary N) is 2. The molecule has 1 aliphatic rings. The van der Waals surface area contributed by atoms with E-state index >= 15 is 0 Å². The van der Waals surface area contributed by atoms with E-state index in [2.05, 4.69) is 5.32 Å². The monoisotopic (exact) mass is 499 g/mol. The molecule has 0 bridgehead atoms. The molecule has 1 heterocycles. The highest BCUT2D eigenvalue weighted by Crippen LogP contribution is 2.42. The fourth-order valence-electron chi connectivity index (χ4n) is 3.25. The minimum atomic E-state index is -3.67. The Labute approximate surface area is 200 Å². The number of rotatable bonds is 5. The second-order valence-electron chi connectivity index (χ2n) is 7.25. The summed E-state index contributed by atoms with van der Waals surface area (Å²) in [7, 11) is -3.67. The van der Waals surface area contributed by atoms with E-state index in [1.807, 2.05) is 0 Å². The normalized spacial score (nSPS) is 11.7. The van der Waals surface area contributed by atoms with Gasteiger partial charge in [-0.1, -0.05) is 18.2 Å². The van der Waals surface area contributed by atoms with Crippen molar-refractivity contribution in [3.8, 4) is 22.6 Å². The summed E-state index contributed by atoms with van der Waals surface area (Å²) >= 11 is 0. The Morgan fingerprint density at radius 2 is 1.63 bits per heavy atom. The Bertz CT molecular complexity index is 1390. The smallest absolute Gasteiger partial charge is 0.336 e. The van der Waals surface area contributed by atoms with Crippen LogP contribution in [0, 0.1) is 5.41 Å². The standard InChI is InChI=1S/C22H17N3O5.CH4O3S/c23-20(24)12-5-7-13(8-6-12)25-21(26)18-15(9-10-17-19(18)30-11-29-17)14-3-1-2-4-16(14)22(27)28;1-5(2,3)4/h1-10H,11H2,(H3,23,24)(H,25,26)(H,27,28);1H3,(H,2,3,4). The maximum absolute atomic E-state index is 13.2. The van der Waals surface area contributed by atoms with Crippen LogP contribution in [0.25, 0.3) is 11.1 Å². The van der Waals surface area contributed by atoms with Crippen LogP contribution in [0.4, 0.5) is 5.69 Å². The summed E-state index contributed by atoms with van der Waals surface area (Å²) < 4.78 is 36.8. The van der Waals surface area contributed by atoms with Gasteiger partial charge in [-0.05, 0) is 53.6 Å². The van der Waals surface area contributed by atoms with Gasteiger partial charge in [0.1, 0.15) is 5.84 Å². The summed E-state index contributed by atoms with van der Waals surface area (Å²) in [6, 6.07) is 16.2. The van der Waals surface area contributed by atoms with Crippen molar-refractivity contribution in [2.24, 2.45) is 5.73 Å². The minimum absolute atomic E-state index is 0.0348. The molecule has 0 atom stereocenters. The molecule has 35 heavy (non-hydrogen) atoms. The van der Waals surface area contributed by atoms with Gasteiger partial charge >= 0.3 is 5.97 Å². The molecule has 0 unspecified atom stereocenters. The zero-order valence-electron chi connectivity index (χ0n) is 18.3. The van der Waals surface area contributed by atoms with Crippen molar-refractivity contribution in [2.75, 3.05) is 18.4 Å². The second kappa shape index (κ2) is 10.2. The van der Waals surface area contributed by atoms with Crippen molar-refractivity contribution in [2.45, 2.75) is 0 Å². The number of carboxylic acids is 1. The lowest BCUT2D eigenvalue weighted by Gasteiger charge is -2.15. The van der Waals surface area contributed by atoms with Crippen LogP contribution in [0.15, 0.2) is 60.7 Å². The molecule has 6 N–H and O–H groups in total. The fraction of sp³-hybridized carbons (Fsp3) is 0.0870. The number of anilines is 1. The Morgan fingerprint density at radius 1 is 1.00 bits per heavy atom. The van der Waals surface area contributed by atoms with Gasteiger partial charge in [-0.3, -0.25) is 14.8 Å². The quantitative estimate of drug-likeness (QED) is 0.200. The summed E-state index contributed by atoms with van der Waals surface area (Å²) in [5.74, 6) is -1.00. The van der Waals surface area contributed by atoms with Gasteiger partial charge in [-0.25, -0.2) is 4.79 Å². The van der Waals surface area contributed by atoms with E-state index < -0.39 is 22.0 Å². The van der Waals surface area contributed by atoms with E-state index in [4.69, 9.17) is 25.2 Å². The number of amides is 1. The maximum Gasteiger partial charge on any atom is 0.336 e. The first-order chi connectivity index (χ1) is 16.5. The summed E-state index contributed by atoms with van der Waals surface area (Å²) in [6.45, 7) is -0.0348. The van der Waals surface area contributed by atoms with Crippen LogP contribution in [0.5, 0.6) is 11.5 Å². The summed E-state index contributed by atoms with van der Waals surface area (Å²) in [5, 5.41) is 19.8. The van der Waals surface area contributed by atoms with Gasteiger partial charge in [0.25, 0.3) is 16.0 Å². The molecule has 182 valence electrons. The van der Waals surface area contributed by atoms with Crippen LogP contribution in [0.2, 0.25) is 0 Å². The van der Waals surface area contributed by atoms with Crippen LogP contribution in [-0.4, -0.2) is 48.8 Å². The molecular formula is C23H21N3O8S. The molecule has 12 heteroatoms. The Kier molecular flexibility index (Phi) is 7.37. The number of benzene rings is 3. The Hall–Kier alpha value is -4.42. The number of ether oxygens (including phenoxy) is 2. The Balaban J connectivity index is 0.000000623. The van der Waals surface area contributed by atoms with Crippen LogP contribution in [0.1, 0.15) is 26.3 Å². The van der Waals surface area contributed by atoms with Gasteiger partial charge in [0.2, 0.25) is 6.79 Å². The third kappa shape index (κ3) is 6.34. The molecule has 0 radical (unpaired) electrons. The van der Waals surface area contributed by atoms with E-state index in [1.54, 1.807) is 54.6 Å². The molecule has 3 aromatic rings. The van der Waals surface area contributed by atoms with Crippen molar-refractivity contribution in [3.63, 3.8) is 0 Å². The first-order valence-electron chi connectivity index (χ1n) is 9.89. The number of aromatic carboxylic acids is 1. The van der Waals surface area contributed by atoms with Gasteiger partial charge in [-0.2, -0.15) is 8.42 Å². The third-order valence-electron chi connectivity index (χ3n) is 4.67. The average Bonchev–Trinajstić information content (AvgIpc) is 3.26. The van der Waals surface area contributed by atoms with Gasteiger partial charge in [0.05, 0.1) is 17.4 Å². The average molecular weight is 500 g/mol. The second-order valence-corrected chi connectivity index (χ2v) is 8.72. The number of carbonyl (C=O) groups excluding carboxylic acids is 1. The number of amidine groups is 1. The lowest BCUT2D eigenvalue weighted by molar-refractivity contribution is 0.0697. The fourth-order valence-corrected chi connectivity index (χ4v) is 3.25. The number of carboxylic acid groups (broad SMARTS) is 1. The van der Waals surface area contributed by atoms with E-state index in [0.29, 0.717) is 34.4 Å². The lowest BCUT2D eigenvalue weighted by atomic mass is 9.94. The predicted octanol–water partition coefficient (Wildman–Crippen LogP) is 2.82. The predicted molar refractivity (Wildman–Crippen MR) is 128 cm³/mol. The van der Waals surface area contributed by atoms with E-state index in [1.165, 1.54) is 6.07 Å². The molecule has 3 aromatic carbocycles. The molecule has 0 saturated heterocycles. The van der Waals surface area contributed by atoms with Gasteiger partial charge in [0, 0.05) is 11.3 Å². The minimum Gasteiger partial charge on any atom is -0.478 e. The highest BCUT2D eigenvalue weighted by Gasteiger charge is 2.28.